The third-order valence-electron chi connectivity index (χ3n) is 4.67. The fourth-order valence-electron chi connectivity index (χ4n) is 3.06. The first-order chi connectivity index (χ1) is 16.1. The quantitative estimate of drug-likeness (QED) is 0.340. The highest BCUT2D eigenvalue weighted by Crippen LogP contribution is 2.22. The van der Waals surface area contributed by atoms with Gasteiger partial charge in [0.2, 0.25) is 11.1 Å². The van der Waals surface area contributed by atoms with Crippen LogP contribution in [-0.2, 0) is 11.3 Å². The summed E-state index contributed by atoms with van der Waals surface area (Å²) in [7, 11) is 0. The molecule has 4 rings (SSSR count). The van der Waals surface area contributed by atoms with Crippen LogP contribution in [0.1, 0.15) is 15.9 Å². The summed E-state index contributed by atoms with van der Waals surface area (Å²) in [5.41, 5.74) is 2.06. The predicted molar refractivity (Wildman–Crippen MR) is 125 cm³/mol. The van der Waals surface area contributed by atoms with Crippen molar-refractivity contribution >= 4 is 29.3 Å². The van der Waals surface area contributed by atoms with Gasteiger partial charge < -0.3 is 10.6 Å². The van der Waals surface area contributed by atoms with Crippen LogP contribution in [0.25, 0.3) is 11.4 Å². The van der Waals surface area contributed by atoms with Crippen molar-refractivity contribution in [2.24, 2.45) is 0 Å². The molecule has 1 aromatic heterocycles. The number of aromatic amines is 1. The minimum Gasteiger partial charge on any atom is -0.348 e. The Labute approximate surface area is 193 Å². The normalized spacial score (nSPS) is 10.6. The molecule has 0 bridgehead atoms. The standard InChI is InChI=1S/C24H20FN5O2S/c25-19-12-6-4-10-17(19)22-28-24(30-29-22)33-15-21(31)27-20-13-7-5-11-18(20)23(32)26-14-16-8-2-1-3-9-16/h1-13H,14-15H2,(H,26,32)(H,27,31)(H,28,29,30). The number of amides is 2. The summed E-state index contributed by atoms with van der Waals surface area (Å²) >= 11 is 1.10. The van der Waals surface area contributed by atoms with Crippen molar-refractivity contribution < 1.29 is 14.0 Å². The molecule has 166 valence electrons. The number of halogens is 1. The van der Waals surface area contributed by atoms with Gasteiger partial charge in [0, 0.05) is 6.54 Å². The Bertz CT molecular complexity index is 1260. The Hall–Kier alpha value is -3.98. The first-order valence-electron chi connectivity index (χ1n) is 10.1. The lowest BCUT2D eigenvalue weighted by Crippen LogP contribution is -2.25. The molecule has 0 radical (unpaired) electrons. The predicted octanol–water partition coefficient (Wildman–Crippen LogP) is 4.27. The van der Waals surface area contributed by atoms with Crippen LogP contribution in [0, 0.1) is 5.82 Å². The number of nitrogens with one attached hydrogen (secondary N) is 3. The van der Waals surface area contributed by atoms with Crippen molar-refractivity contribution in [3.63, 3.8) is 0 Å². The van der Waals surface area contributed by atoms with Gasteiger partial charge in [-0.1, -0.05) is 66.4 Å². The Morgan fingerprint density at radius 2 is 1.67 bits per heavy atom. The van der Waals surface area contributed by atoms with E-state index in [1.165, 1.54) is 6.07 Å². The highest BCUT2D eigenvalue weighted by Gasteiger charge is 2.15. The maximum absolute atomic E-state index is 13.9. The number of carbonyl (C=O) groups excluding carboxylic acids is 2. The summed E-state index contributed by atoms with van der Waals surface area (Å²) in [5.74, 6) is -0.706. The maximum Gasteiger partial charge on any atom is 0.253 e. The highest BCUT2D eigenvalue weighted by atomic mass is 32.2. The monoisotopic (exact) mass is 461 g/mol. The van der Waals surface area contributed by atoms with Gasteiger partial charge in [0.25, 0.3) is 5.91 Å². The summed E-state index contributed by atoms with van der Waals surface area (Å²) in [6.45, 7) is 0.382. The average Bonchev–Trinajstić information content (AvgIpc) is 3.31. The average molecular weight is 462 g/mol. The van der Waals surface area contributed by atoms with Crippen LogP contribution in [0.15, 0.2) is 84.0 Å². The molecule has 0 aliphatic carbocycles. The molecule has 0 aliphatic rings. The molecule has 0 fully saturated rings. The fourth-order valence-corrected chi connectivity index (χ4v) is 3.66. The van der Waals surface area contributed by atoms with Crippen molar-refractivity contribution in [2.45, 2.75) is 11.7 Å². The first-order valence-corrected chi connectivity index (χ1v) is 11.1. The SMILES string of the molecule is O=C(CSc1n[nH]c(-c2ccccc2F)n1)Nc1ccccc1C(=O)NCc1ccccc1. The van der Waals surface area contributed by atoms with Gasteiger partial charge in [-0.05, 0) is 29.8 Å². The molecule has 0 aliphatic heterocycles. The minimum absolute atomic E-state index is 0.0224. The molecule has 0 saturated heterocycles. The van der Waals surface area contributed by atoms with Crippen molar-refractivity contribution in [3.8, 4) is 11.4 Å². The summed E-state index contributed by atoms with van der Waals surface area (Å²) < 4.78 is 13.9. The number of anilines is 1. The van der Waals surface area contributed by atoms with Crippen LogP contribution < -0.4 is 10.6 Å². The molecule has 4 aromatic rings. The number of H-pyrrole nitrogens is 1. The van der Waals surface area contributed by atoms with E-state index in [2.05, 4.69) is 25.8 Å². The zero-order valence-corrected chi connectivity index (χ0v) is 18.2. The molecule has 3 N–H and O–H groups in total. The second-order valence-corrected chi connectivity index (χ2v) is 7.94. The number of nitrogens with zero attached hydrogens (tertiary/aromatic N) is 2. The van der Waals surface area contributed by atoms with Gasteiger partial charge in [0.05, 0.1) is 22.6 Å². The van der Waals surface area contributed by atoms with Crippen molar-refractivity contribution in [1.82, 2.24) is 20.5 Å². The summed E-state index contributed by atoms with van der Waals surface area (Å²) in [5, 5.41) is 12.6. The second-order valence-electron chi connectivity index (χ2n) is 7.00. The van der Waals surface area contributed by atoms with E-state index in [-0.39, 0.29) is 23.4 Å². The van der Waals surface area contributed by atoms with Crippen LogP contribution in [0.5, 0.6) is 0 Å². The Balaban J connectivity index is 1.34. The molecular formula is C24H20FN5O2S. The lowest BCUT2D eigenvalue weighted by Gasteiger charge is -2.11. The lowest BCUT2D eigenvalue weighted by atomic mass is 10.1. The molecule has 2 amide bonds. The van der Waals surface area contributed by atoms with E-state index >= 15 is 0 Å². The zero-order chi connectivity index (χ0) is 23.0. The molecular weight excluding hydrogens is 441 g/mol. The van der Waals surface area contributed by atoms with Crippen LogP contribution >= 0.6 is 11.8 Å². The molecule has 0 atom stereocenters. The number of carbonyl (C=O) groups is 2. The highest BCUT2D eigenvalue weighted by molar-refractivity contribution is 7.99. The molecule has 33 heavy (non-hydrogen) atoms. The lowest BCUT2D eigenvalue weighted by molar-refractivity contribution is -0.113. The van der Waals surface area contributed by atoms with E-state index < -0.39 is 5.82 Å². The molecule has 9 heteroatoms. The minimum atomic E-state index is -0.412. The number of benzene rings is 3. The second kappa shape index (κ2) is 10.6. The van der Waals surface area contributed by atoms with Gasteiger partial charge in [0.15, 0.2) is 5.82 Å². The molecule has 3 aromatic carbocycles. The Kier molecular flexibility index (Phi) is 7.11. The Morgan fingerprint density at radius 3 is 2.48 bits per heavy atom. The van der Waals surface area contributed by atoms with E-state index in [0.717, 1.165) is 17.3 Å². The third-order valence-corrected chi connectivity index (χ3v) is 5.52. The van der Waals surface area contributed by atoms with Crippen LogP contribution in [0.3, 0.4) is 0 Å². The number of para-hydroxylation sites is 1. The molecule has 0 spiro atoms. The third kappa shape index (κ3) is 5.83. The molecule has 0 unspecified atom stereocenters. The van der Waals surface area contributed by atoms with Gasteiger partial charge in [0.1, 0.15) is 5.82 Å². The van der Waals surface area contributed by atoms with Crippen LogP contribution in [0.4, 0.5) is 10.1 Å². The number of hydrogen-bond acceptors (Lipinski definition) is 5. The van der Waals surface area contributed by atoms with Crippen molar-refractivity contribution in [2.75, 3.05) is 11.1 Å². The summed E-state index contributed by atoms with van der Waals surface area (Å²) in [6, 6.07) is 22.6. The molecule has 0 saturated carbocycles. The molecule has 1 heterocycles. The Morgan fingerprint density at radius 1 is 0.939 bits per heavy atom. The zero-order valence-electron chi connectivity index (χ0n) is 17.4. The van der Waals surface area contributed by atoms with Gasteiger partial charge in [-0.25, -0.2) is 9.37 Å². The topological polar surface area (TPSA) is 99.8 Å². The number of rotatable bonds is 8. The van der Waals surface area contributed by atoms with E-state index in [4.69, 9.17) is 0 Å². The first kappa shape index (κ1) is 22.2. The van der Waals surface area contributed by atoms with Gasteiger partial charge in [-0.3, -0.25) is 14.7 Å². The van der Waals surface area contributed by atoms with Crippen molar-refractivity contribution in [3.05, 3.63) is 95.8 Å². The number of aromatic nitrogens is 3. The maximum atomic E-state index is 13.9. The van der Waals surface area contributed by atoms with E-state index in [0.29, 0.717) is 28.5 Å². The van der Waals surface area contributed by atoms with Crippen molar-refractivity contribution in [1.29, 1.82) is 0 Å². The van der Waals surface area contributed by atoms with Gasteiger partial charge >= 0.3 is 0 Å². The van der Waals surface area contributed by atoms with E-state index in [1.807, 2.05) is 30.3 Å². The van der Waals surface area contributed by atoms with Crippen LogP contribution in [0.2, 0.25) is 0 Å². The fraction of sp³-hybridized carbons (Fsp3) is 0.0833. The largest absolute Gasteiger partial charge is 0.348 e. The number of hydrogen-bond donors (Lipinski definition) is 3. The smallest absolute Gasteiger partial charge is 0.253 e. The van der Waals surface area contributed by atoms with E-state index in [9.17, 15) is 14.0 Å². The summed E-state index contributed by atoms with van der Waals surface area (Å²) in [6.07, 6.45) is 0. The summed E-state index contributed by atoms with van der Waals surface area (Å²) in [4.78, 5) is 29.4. The number of thioether (sulfide) groups is 1. The molecule has 7 nitrogen and oxygen atoms in total. The van der Waals surface area contributed by atoms with Gasteiger partial charge in [-0.2, -0.15) is 0 Å². The van der Waals surface area contributed by atoms with Gasteiger partial charge in [-0.15, -0.1) is 5.10 Å². The van der Waals surface area contributed by atoms with Crippen LogP contribution in [-0.4, -0.2) is 32.7 Å². The van der Waals surface area contributed by atoms with E-state index in [1.54, 1.807) is 42.5 Å².